The van der Waals surface area contributed by atoms with Gasteiger partial charge in [0.15, 0.2) is 0 Å². The van der Waals surface area contributed by atoms with Crippen LogP contribution in [-0.4, -0.2) is 12.1 Å². The maximum atomic E-state index is 11.8. The lowest BCUT2D eigenvalue weighted by molar-refractivity contribution is -0.137. The van der Waals surface area contributed by atoms with E-state index in [9.17, 15) is 4.79 Å². The number of hydrogen-bond donors (Lipinski definition) is 0. The Bertz CT molecular complexity index is 671. The predicted molar refractivity (Wildman–Crippen MR) is 83.7 cm³/mol. The van der Waals surface area contributed by atoms with E-state index < -0.39 is 0 Å². The maximum absolute atomic E-state index is 11.8. The van der Waals surface area contributed by atoms with E-state index in [1.165, 1.54) is 0 Å². The van der Waals surface area contributed by atoms with E-state index in [0.717, 1.165) is 11.1 Å². The van der Waals surface area contributed by atoms with Crippen molar-refractivity contribution < 1.29 is 9.53 Å². The van der Waals surface area contributed by atoms with E-state index in [1.54, 1.807) is 0 Å². The van der Waals surface area contributed by atoms with Gasteiger partial charge < -0.3 is 4.74 Å². The van der Waals surface area contributed by atoms with Crippen LogP contribution in [0.4, 0.5) is 0 Å². The minimum Gasteiger partial charge on any atom is -0.454 e. The molecule has 2 atom stereocenters. The lowest BCUT2D eigenvalue weighted by Gasteiger charge is -2.14. The average molecular weight is 276 g/mol. The molecule has 0 spiro atoms. The molecular formula is C19H16O2. The molecule has 0 amide bonds. The number of hydrogen-bond acceptors (Lipinski definition) is 2. The summed E-state index contributed by atoms with van der Waals surface area (Å²) in [6.07, 6.45) is 3.61. The van der Waals surface area contributed by atoms with Crippen LogP contribution in [0.25, 0.3) is 6.08 Å². The molecule has 2 heteroatoms. The van der Waals surface area contributed by atoms with E-state index in [-0.39, 0.29) is 18.0 Å². The monoisotopic (exact) mass is 276 g/mol. The minimum absolute atomic E-state index is 0.112. The summed E-state index contributed by atoms with van der Waals surface area (Å²) in [5.74, 6) is -0.426. The van der Waals surface area contributed by atoms with Crippen molar-refractivity contribution in [2.24, 2.45) is 0 Å². The molecule has 2 nitrogen and oxygen atoms in total. The van der Waals surface area contributed by atoms with Crippen LogP contribution >= 0.6 is 0 Å². The van der Waals surface area contributed by atoms with Gasteiger partial charge in [0.2, 0.25) is 0 Å². The standard InChI is InChI=1S/C19H16O2/c1-14-18(16-10-6-3-7-11-16)17(21-19(14)20)13-12-15-8-4-2-5-9-15/h2-13,17-18H,1H2/b13-12+. The molecule has 3 rings (SSSR count). The number of ether oxygens (including phenoxy) is 1. The zero-order chi connectivity index (χ0) is 14.7. The molecule has 2 aromatic carbocycles. The summed E-state index contributed by atoms with van der Waals surface area (Å²) in [7, 11) is 0. The van der Waals surface area contributed by atoms with Crippen molar-refractivity contribution in [1.29, 1.82) is 0 Å². The van der Waals surface area contributed by atoms with Crippen molar-refractivity contribution in [3.63, 3.8) is 0 Å². The van der Waals surface area contributed by atoms with Crippen molar-refractivity contribution in [2.45, 2.75) is 12.0 Å². The lowest BCUT2D eigenvalue weighted by atomic mass is 9.89. The molecule has 1 saturated heterocycles. The second kappa shape index (κ2) is 5.80. The molecule has 0 bridgehead atoms. The third-order valence-electron chi connectivity index (χ3n) is 3.65. The van der Waals surface area contributed by atoms with Gasteiger partial charge in [-0.3, -0.25) is 0 Å². The Labute approximate surface area is 124 Å². The predicted octanol–water partition coefficient (Wildman–Crippen LogP) is 3.97. The van der Waals surface area contributed by atoms with Gasteiger partial charge in [-0.2, -0.15) is 0 Å². The number of carbonyl (C=O) groups is 1. The largest absolute Gasteiger partial charge is 0.454 e. The van der Waals surface area contributed by atoms with E-state index in [0.29, 0.717) is 5.57 Å². The van der Waals surface area contributed by atoms with Crippen molar-refractivity contribution in [3.05, 3.63) is 90.0 Å². The summed E-state index contributed by atoms with van der Waals surface area (Å²) in [5.41, 5.74) is 2.65. The van der Waals surface area contributed by atoms with Crippen LogP contribution in [0.3, 0.4) is 0 Å². The van der Waals surface area contributed by atoms with Gasteiger partial charge in [0.05, 0.1) is 5.92 Å². The van der Waals surface area contributed by atoms with Gasteiger partial charge in [-0.1, -0.05) is 73.3 Å². The first-order chi connectivity index (χ1) is 10.3. The van der Waals surface area contributed by atoms with Crippen LogP contribution in [-0.2, 0) is 9.53 Å². The highest BCUT2D eigenvalue weighted by molar-refractivity contribution is 5.92. The second-order valence-corrected chi connectivity index (χ2v) is 5.05. The van der Waals surface area contributed by atoms with E-state index >= 15 is 0 Å². The summed E-state index contributed by atoms with van der Waals surface area (Å²) in [4.78, 5) is 11.8. The number of esters is 1. The zero-order valence-electron chi connectivity index (χ0n) is 11.6. The van der Waals surface area contributed by atoms with E-state index in [1.807, 2.05) is 72.8 Å². The quantitative estimate of drug-likeness (QED) is 0.626. The van der Waals surface area contributed by atoms with Crippen LogP contribution in [0.1, 0.15) is 17.0 Å². The first kappa shape index (κ1) is 13.4. The number of rotatable bonds is 3. The fraction of sp³-hybridized carbons (Fsp3) is 0.105. The summed E-state index contributed by atoms with van der Waals surface area (Å²) < 4.78 is 5.44. The van der Waals surface area contributed by atoms with Gasteiger partial charge in [0.1, 0.15) is 6.10 Å². The Balaban J connectivity index is 1.88. The molecule has 0 aliphatic carbocycles. The molecule has 1 heterocycles. The summed E-state index contributed by atoms with van der Waals surface area (Å²) in [6, 6.07) is 19.8. The Hall–Kier alpha value is -2.61. The van der Waals surface area contributed by atoms with Crippen molar-refractivity contribution in [1.82, 2.24) is 0 Å². The zero-order valence-corrected chi connectivity index (χ0v) is 11.6. The normalized spacial score (nSPS) is 21.7. The second-order valence-electron chi connectivity index (χ2n) is 5.05. The lowest BCUT2D eigenvalue weighted by Crippen LogP contribution is -2.11. The molecule has 0 aromatic heterocycles. The van der Waals surface area contributed by atoms with Crippen LogP contribution in [0.5, 0.6) is 0 Å². The summed E-state index contributed by atoms with van der Waals surface area (Å²) >= 11 is 0. The highest BCUT2D eigenvalue weighted by Crippen LogP contribution is 2.36. The Kier molecular flexibility index (Phi) is 3.69. The Morgan fingerprint density at radius 2 is 1.57 bits per heavy atom. The molecule has 2 aromatic rings. The maximum Gasteiger partial charge on any atom is 0.334 e. The third-order valence-corrected chi connectivity index (χ3v) is 3.65. The van der Waals surface area contributed by atoms with Crippen LogP contribution in [0.2, 0.25) is 0 Å². The Morgan fingerprint density at radius 3 is 2.24 bits per heavy atom. The van der Waals surface area contributed by atoms with Crippen molar-refractivity contribution in [2.75, 3.05) is 0 Å². The van der Waals surface area contributed by atoms with Crippen molar-refractivity contribution >= 4 is 12.0 Å². The molecule has 2 unspecified atom stereocenters. The van der Waals surface area contributed by atoms with Crippen LogP contribution in [0, 0.1) is 0 Å². The van der Waals surface area contributed by atoms with Gasteiger partial charge in [-0.25, -0.2) is 4.79 Å². The highest BCUT2D eigenvalue weighted by atomic mass is 16.5. The molecular weight excluding hydrogens is 260 g/mol. The van der Waals surface area contributed by atoms with Crippen LogP contribution in [0.15, 0.2) is 78.9 Å². The third kappa shape index (κ3) is 2.79. The molecule has 1 aliphatic heterocycles. The van der Waals surface area contributed by atoms with Gasteiger partial charge >= 0.3 is 5.97 Å². The number of benzene rings is 2. The summed E-state index contributed by atoms with van der Waals surface area (Å²) in [6.45, 7) is 3.89. The first-order valence-electron chi connectivity index (χ1n) is 6.93. The van der Waals surface area contributed by atoms with Gasteiger partial charge in [-0.15, -0.1) is 0 Å². The highest BCUT2D eigenvalue weighted by Gasteiger charge is 2.37. The van der Waals surface area contributed by atoms with Gasteiger partial charge in [-0.05, 0) is 17.2 Å². The van der Waals surface area contributed by atoms with Gasteiger partial charge in [0, 0.05) is 5.57 Å². The van der Waals surface area contributed by atoms with Crippen LogP contribution < -0.4 is 0 Å². The number of carbonyl (C=O) groups excluding carboxylic acids is 1. The average Bonchev–Trinajstić information content (AvgIpc) is 2.82. The SMILES string of the molecule is C=C1C(=O)OC(/C=C/c2ccccc2)C1c1ccccc1. The molecule has 104 valence electrons. The van der Waals surface area contributed by atoms with E-state index in [4.69, 9.17) is 4.74 Å². The molecule has 1 aliphatic rings. The fourth-order valence-electron chi connectivity index (χ4n) is 2.56. The molecule has 0 saturated carbocycles. The van der Waals surface area contributed by atoms with E-state index in [2.05, 4.69) is 6.58 Å². The fourth-order valence-corrected chi connectivity index (χ4v) is 2.56. The minimum atomic E-state index is -0.313. The first-order valence-corrected chi connectivity index (χ1v) is 6.93. The Morgan fingerprint density at radius 1 is 0.952 bits per heavy atom. The molecule has 1 fully saturated rings. The smallest absolute Gasteiger partial charge is 0.334 e. The van der Waals surface area contributed by atoms with Crippen molar-refractivity contribution in [3.8, 4) is 0 Å². The number of cyclic esters (lactones) is 1. The molecule has 0 radical (unpaired) electrons. The summed E-state index contributed by atoms with van der Waals surface area (Å²) in [5, 5.41) is 0. The topological polar surface area (TPSA) is 26.3 Å². The molecule has 21 heavy (non-hydrogen) atoms. The molecule has 0 N–H and O–H groups in total. The van der Waals surface area contributed by atoms with Gasteiger partial charge in [0.25, 0.3) is 0 Å².